The minimum absolute atomic E-state index is 0.583. The first-order valence-electron chi connectivity index (χ1n) is 6.51. The summed E-state index contributed by atoms with van der Waals surface area (Å²) in [5.74, 6) is 0.583. The molecule has 0 aliphatic carbocycles. The van der Waals surface area contributed by atoms with Crippen molar-refractivity contribution < 1.29 is 0 Å². The van der Waals surface area contributed by atoms with Crippen LogP contribution in [0.5, 0.6) is 0 Å². The maximum absolute atomic E-state index is 3.51. The molecule has 1 N–H and O–H groups in total. The second-order valence-corrected chi connectivity index (χ2v) is 5.17. The molecule has 18 heavy (non-hydrogen) atoms. The van der Waals surface area contributed by atoms with Crippen molar-refractivity contribution in [2.75, 3.05) is 5.32 Å². The van der Waals surface area contributed by atoms with Crippen LogP contribution in [0.3, 0.4) is 0 Å². The van der Waals surface area contributed by atoms with Gasteiger partial charge in [0, 0.05) is 11.4 Å². The van der Waals surface area contributed by atoms with Crippen molar-refractivity contribution in [3.63, 3.8) is 0 Å². The molecule has 2 aromatic rings. The smallest absolute Gasteiger partial charge is 0.0443 e. The van der Waals surface area contributed by atoms with Crippen molar-refractivity contribution in [3.8, 4) is 0 Å². The van der Waals surface area contributed by atoms with Crippen molar-refractivity contribution in [1.82, 2.24) is 0 Å². The molecule has 2 rings (SSSR count). The molecule has 0 heterocycles. The highest BCUT2D eigenvalue weighted by Gasteiger charge is 2.03. The number of nitrogens with one attached hydrogen (secondary N) is 1. The van der Waals surface area contributed by atoms with Gasteiger partial charge in [0.25, 0.3) is 0 Å². The second-order valence-electron chi connectivity index (χ2n) is 5.17. The van der Waals surface area contributed by atoms with Gasteiger partial charge in [0.1, 0.15) is 0 Å². The average molecular weight is 239 g/mol. The Bertz CT molecular complexity index is 504. The summed E-state index contributed by atoms with van der Waals surface area (Å²) in [7, 11) is 0. The number of hydrogen-bond donors (Lipinski definition) is 1. The third-order valence-corrected chi connectivity index (χ3v) is 3.33. The maximum atomic E-state index is 3.51. The molecule has 0 atom stereocenters. The van der Waals surface area contributed by atoms with E-state index in [0.717, 1.165) is 5.69 Å². The Labute approximate surface area is 110 Å². The van der Waals surface area contributed by atoms with E-state index >= 15 is 0 Å². The molecule has 94 valence electrons. The zero-order valence-electron chi connectivity index (χ0n) is 11.6. The SMILES string of the molecule is Cc1cccc(C)c1Nc1ccc(C(C)C)cc1. The average Bonchev–Trinajstić information content (AvgIpc) is 2.34. The monoisotopic (exact) mass is 239 g/mol. The zero-order chi connectivity index (χ0) is 13.1. The van der Waals surface area contributed by atoms with Gasteiger partial charge in [-0.1, -0.05) is 44.2 Å². The highest BCUT2D eigenvalue weighted by atomic mass is 14.9. The summed E-state index contributed by atoms with van der Waals surface area (Å²) < 4.78 is 0. The molecule has 0 radical (unpaired) electrons. The van der Waals surface area contributed by atoms with Crippen molar-refractivity contribution in [3.05, 3.63) is 59.2 Å². The summed E-state index contributed by atoms with van der Waals surface area (Å²) in [4.78, 5) is 0. The molecule has 0 unspecified atom stereocenters. The third-order valence-electron chi connectivity index (χ3n) is 3.33. The Morgan fingerprint density at radius 3 is 1.89 bits per heavy atom. The summed E-state index contributed by atoms with van der Waals surface area (Å²) in [5, 5.41) is 3.51. The van der Waals surface area contributed by atoms with Crippen molar-refractivity contribution in [2.45, 2.75) is 33.6 Å². The van der Waals surface area contributed by atoms with Crippen molar-refractivity contribution >= 4 is 11.4 Å². The molecule has 1 nitrogen and oxygen atoms in total. The molecule has 0 amide bonds. The Balaban J connectivity index is 2.24. The topological polar surface area (TPSA) is 12.0 Å². The molecule has 0 saturated heterocycles. The minimum atomic E-state index is 0.583. The molecule has 2 aromatic carbocycles. The van der Waals surface area contributed by atoms with Crippen LogP contribution in [0.2, 0.25) is 0 Å². The molecular weight excluding hydrogens is 218 g/mol. The second kappa shape index (κ2) is 5.26. The van der Waals surface area contributed by atoms with Crippen LogP contribution in [0.4, 0.5) is 11.4 Å². The summed E-state index contributed by atoms with van der Waals surface area (Å²) in [6.45, 7) is 8.71. The number of hydrogen-bond acceptors (Lipinski definition) is 1. The Kier molecular flexibility index (Phi) is 3.71. The highest BCUT2D eigenvalue weighted by Crippen LogP contribution is 2.25. The molecule has 0 aliphatic rings. The van der Waals surface area contributed by atoms with Crippen molar-refractivity contribution in [1.29, 1.82) is 0 Å². The van der Waals surface area contributed by atoms with Crippen LogP contribution >= 0.6 is 0 Å². The lowest BCUT2D eigenvalue weighted by Crippen LogP contribution is -1.96. The van der Waals surface area contributed by atoms with Gasteiger partial charge in [-0.2, -0.15) is 0 Å². The largest absolute Gasteiger partial charge is 0.355 e. The lowest BCUT2D eigenvalue weighted by Gasteiger charge is -2.13. The quantitative estimate of drug-likeness (QED) is 0.779. The molecule has 0 saturated carbocycles. The number of anilines is 2. The van der Waals surface area contributed by atoms with E-state index in [4.69, 9.17) is 0 Å². The van der Waals surface area contributed by atoms with E-state index in [-0.39, 0.29) is 0 Å². The van der Waals surface area contributed by atoms with Gasteiger partial charge in [0.15, 0.2) is 0 Å². The zero-order valence-corrected chi connectivity index (χ0v) is 11.6. The standard InChI is InChI=1S/C17H21N/c1-12(2)15-8-10-16(11-9-15)18-17-13(3)6-5-7-14(17)4/h5-12,18H,1-4H3. The number of rotatable bonds is 3. The van der Waals surface area contributed by atoms with Crippen LogP contribution in [0, 0.1) is 13.8 Å². The van der Waals surface area contributed by atoms with Crippen LogP contribution < -0.4 is 5.32 Å². The molecule has 0 fully saturated rings. The van der Waals surface area contributed by atoms with Gasteiger partial charge in [-0.3, -0.25) is 0 Å². The fourth-order valence-electron chi connectivity index (χ4n) is 2.11. The summed E-state index contributed by atoms with van der Waals surface area (Å²) >= 11 is 0. The lowest BCUT2D eigenvalue weighted by atomic mass is 10.0. The first-order valence-corrected chi connectivity index (χ1v) is 6.51. The van der Waals surface area contributed by atoms with Gasteiger partial charge < -0.3 is 5.32 Å². The fourth-order valence-corrected chi connectivity index (χ4v) is 2.11. The maximum Gasteiger partial charge on any atom is 0.0443 e. The number of aryl methyl sites for hydroxylation is 2. The van der Waals surface area contributed by atoms with Crippen LogP contribution in [0.1, 0.15) is 36.5 Å². The molecule has 0 aliphatic heterocycles. The van der Waals surface area contributed by atoms with Crippen LogP contribution in [0.25, 0.3) is 0 Å². The van der Waals surface area contributed by atoms with Crippen LogP contribution in [-0.2, 0) is 0 Å². The van der Waals surface area contributed by atoms with E-state index in [2.05, 4.69) is 75.5 Å². The minimum Gasteiger partial charge on any atom is -0.355 e. The molecule has 0 bridgehead atoms. The number of para-hydroxylation sites is 1. The van der Waals surface area contributed by atoms with E-state index in [9.17, 15) is 0 Å². The first-order chi connectivity index (χ1) is 8.58. The molecule has 1 heteroatoms. The van der Waals surface area contributed by atoms with Gasteiger partial charge in [-0.25, -0.2) is 0 Å². The third kappa shape index (κ3) is 2.73. The lowest BCUT2D eigenvalue weighted by molar-refractivity contribution is 0.867. The van der Waals surface area contributed by atoms with Gasteiger partial charge in [-0.05, 0) is 48.6 Å². The summed E-state index contributed by atoms with van der Waals surface area (Å²) in [6.07, 6.45) is 0. The summed E-state index contributed by atoms with van der Waals surface area (Å²) in [5.41, 5.74) is 6.31. The van der Waals surface area contributed by atoms with Crippen LogP contribution in [0.15, 0.2) is 42.5 Å². The predicted molar refractivity (Wildman–Crippen MR) is 79.7 cm³/mol. The molecular formula is C17H21N. The van der Waals surface area contributed by atoms with E-state index in [1.54, 1.807) is 0 Å². The number of benzene rings is 2. The van der Waals surface area contributed by atoms with E-state index < -0.39 is 0 Å². The Hall–Kier alpha value is -1.76. The van der Waals surface area contributed by atoms with Crippen molar-refractivity contribution in [2.24, 2.45) is 0 Å². The van der Waals surface area contributed by atoms with E-state index in [0.29, 0.717) is 5.92 Å². The van der Waals surface area contributed by atoms with Gasteiger partial charge >= 0.3 is 0 Å². The first kappa shape index (κ1) is 12.7. The molecule has 0 aromatic heterocycles. The van der Waals surface area contributed by atoms with E-state index in [1.165, 1.54) is 22.4 Å². The van der Waals surface area contributed by atoms with Gasteiger partial charge in [0.05, 0.1) is 0 Å². The Morgan fingerprint density at radius 2 is 1.39 bits per heavy atom. The fraction of sp³-hybridized carbons (Fsp3) is 0.294. The Morgan fingerprint density at radius 1 is 0.833 bits per heavy atom. The van der Waals surface area contributed by atoms with Gasteiger partial charge in [-0.15, -0.1) is 0 Å². The summed E-state index contributed by atoms with van der Waals surface area (Å²) in [6, 6.07) is 15.1. The van der Waals surface area contributed by atoms with E-state index in [1.807, 2.05) is 0 Å². The highest BCUT2D eigenvalue weighted by molar-refractivity contribution is 5.66. The predicted octanol–water partition coefficient (Wildman–Crippen LogP) is 5.17. The normalized spacial score (nSPS) is 10.7. The van der Waals surface area contributed by atoms with Gasteiger partial charge in [0.2, 0.25) is 0 Å². The molecule has 0 spiro atoms. The van der Waals surface area contributed by atoms with Crippen LogP contribution in [-0.4, -0.2) is 0 Å².